The van der Waals surface area contributed by atoms with Crippen molar-refractivity contribution in [3.8, 4) is 11.5 Å². The minimum absolute atomic E-state index is 0.214. The Morgan fingerprint density at radius 1 is 1.53 bits per heavy atom. The lowest BCUT2D eigenvalue weighted by Crippen LogP contribution is -2.10. The molecule has 0 radical (unpaired) electrons. The molecular weight excluding hydrogens is 190 g/mol. The highest BCUT2D eigenvalue weighted by molar-refractivity contribution is 5.41. The number of phenolic OH excluding ortho intramolecular Hbond substituents is 1. The summed E-state index contributed by atoms with van der Waals surface area (Å²) in [5, 5.41) is 12.8. The molecule has 1 saturated heterocycles. The molecule has 0 amide bonds. The molecule has 1 heterocycles. The quantitative estimate of drug-likeness (QED) is 0.790. The minimum atomic E-state index is 0.214. The van der Waals surface area contributed by atoms with E-state index in [-0.39, 0.29) is 5.75 Å². The highest BCUT2D eigenvalue weighted by atomic mass is 16.5. The van der Waals surface area contributed by atoms with Gasteiger partial charge in [0, 0.05) is 0 Å². The lowest BCUT2D eigenvalue weighted by atomic mass is 9.98. The van der Waals surface area contributed by atoms with Gasteiger partial charge in [0.25, 0.3) is 0 Å². The molecule has 2 rings (SSSR count). The van der Waals surface area contributed by atoms with Crippen LogP contribution in [-0.4, -0.2) is 25.3 Å². The second kappa shape index (κ2) is 4.53. The molecule has 1 aliphatic rings. The summed E-state index contributed by atoms with van der Waals surface area (Å²) in [6, 6.07) is 5.60. The predicted molar refractivity (Wildman–Crippen MR) is 59.3 cm³/mol. The zero-order chi connectivity index (χ0) is 10.7. The van der Waals surface area contributed by atoms with Crippen LogP contribution in [0.25, 0.3) is 0 Å². The zero-order valence-corrected chi connectivity index (χ0v) is 8.99. The molecular formula is C12H17NO2. The van der Waals surface area contributed by atoms with Crippen LogP contribution < -0.4 is 10.1 Å². The van der Waals surface area contributed by atoms with Gasteiger partial charge in [0.2, 0.25) is 0 Å². The minimum Gasteiger partial charge on any atom is -0.504 e. The molecule has 0 aliphatic carbocycles. The summed E-state index contributed by atoms with van der Waals surface area (Å²) in [6.45, 7) is 2.23. The zero-order valence-electron chi connectivity index (χ0n) is 8.99. The summed E-state index contributed by atoms with van der Waals surface area (Å²) < 4.78 is 5.08. The van der Waals surface area contributed by atoms with Gasteiger partial charge in [-0.15, -0.1) is 0 Å². The van der Waals surface area contributed by atoms with E-state index in [1.54, 1.807) is 13.2 Å². The number of rotatable bonds is 3. The Bertz CT molecular complexity index is 332. The van der Waals surface area contributed by atoms with Crippen molar-refractivity contribution in [3.05, 3.63) is 23.8 Å². The SMILES string of the molecule is COc1cc(CC2CCNC2)ccc1O. The molecule has 0 saturated carbocycles. The van der Waals surface area contributed by atoms with Crippen molar-refractivity contribution in [2.24, 2.45) is 5.92 Å². The van der Waals surface area contributed by atoms with Crippen LogP contribution in [0, 0.1) is 5.92 Å². The number of aromatic hydroxyl groups is 1. The van der Waals surface area contributed by atoms with Gasteiger partial charge in [-0.2, -0.15) is 0 Å². The summed E-state index contributed by atoms with van der Waals surface area (Å²) in [5.41, 5.74) is 1.23. The van der Waals surface area contributed by atoms with E-state index >= 15 is 0 Å². The second-order valence-electron chi connectivity index (χ2n) is 4.07. The second-order valence-corrected chi connectivity index (χ2v) is 4.07. The number of hydrogen-bond donors (Lipinski definition) is 2. The van der Waals surface area contributed by atoms with E-state index in [9.17, 15) is 5.11 Å². The summed E-state index contributed by atoms with van der Waals surface area (Å²) in [7, 11) is 1.58. The molecule has 0 spiro atoms. The molecule has 1 aromatic rings. The smallest absolute Gasteiger partial charge is 0.160 e. The molecule has 82 valence electrons. The van der Waals surface area contributed by atoms with Crippen molar-refractivity contribution in [2.75, 3.05) is 20.2 Å². The Hall–Kier alpha value is -1.22. The van der Waals surface area contributed by atoms with E-state index in [0.29, 0.717) is 5.75 Å². The summed E-state index contributed by atoms with van der Waals surface area (Å²) in [5.74, 6) is 1.50. The predicted octanol–water partition coefficient (Wildman–Crippen LogP) is 1.55. The number of hydrogen-bond acceptors (Lipinski definition) is 3. The summed E-state index contributed by atoms with van der Waals surface area (Å²) in [6.07, 6.45) is 2.30. The number of benzene rings is 1. The van der Waals surface area contributed by atoms with Gasteiger partial charge >= 0.3 is 0 Å². The van der Waals surface area contributed by atoms with Crippen LogP contribution in [0.15, 0.2) is 18.2 Å². The van der Waals surface area contributed by atoms with E-state index in [4.69, 9.17) is 4.74 Å². The average Bonchev–Trinajstić information content (AvgIpc) is 2.73. The Labute approximate surface area is 90.1 Å². The topological polar surface area (TPSA) is 41.5 Å². The fraction of sp³-hybridized carbons (Fsp3) is 0.500. The maximum Gasteiger partial charge on any atom is 0.160 e. The molecule has 1 aromatic carbocycles. The summed E-state index contributed by atoms with van der Waals surface area (Å²) >= 11 is 0. The lowest BCUT2D eigenvalue weighted by molar-refractivity contribution is 0.372. The molecule has 0 aromatic heterocycles. The monoisotopic (exact) mass is 207 g/mol. The van der Waals surface area contributed by atoms with Gasteiger partial charge in [0.1, 0.15) is 0 Å². The van der Waals surface area contributed by atoms with Crippen LogP contribution in [0.3, 0.4) is 0 Å². The number of methoxy groups -OCH3 is 1. The van der Waals surface area contributed by atoms with E-state index in [1.165, 1.54) is 12.0 Å². The Morgan fingerprint density at radius 3 is 3.07 bits per heavy atom. The first-order chi connectivity index (χ1) is 7.29. The van der Waals surface area contributed by atoms with Crippen molar-refractivity contribution in [1.82, 2.24) is 5.32 Å². The van der Waals surface area contributed by atoms with Crippen molar-refractivity contribution in [3.63, 3.8) is 0 Å². The number of nitrogens with one attached hydrogen (secondary N) is 1. The largest absolute Gasteiger partial charge is 0.504 e. The lowest BCUT2D eigenvalue weighted by Gasteiger charge is -2.10. The van der Waals surface area contributed by atoms with Gasteiger partial charge in [-0.25, -0.2) is 0 Å². The molecule has 3 heteroatoms. The van der Waals surface area contributed by atoms with Gasteiger partial charge in [0.05, 0.1) is 7.11 Å². The molecule has 1 aliphatic heterocycles. The Kier molecular flexibility index (Phi) is 3.11. The normalized spacial score (nSPS) is 20.5. The third-order valence-electron chi connectivity index (χ3n) is 2.93. The van der Waals surface area contributed by atoms with E-state index in [0.717, 1.165) is 25.4 Å². The van der Waals surface area contributed by atoms with Gasteiger partial charge in [0.15, 0.2) is 11.5 Å². The highest BCUT2D eigenvalue weighted by Crippen LogP contribution is 2.27. The Morgan fingerprint density at radius 2 is 2.40 bits per heavy atom. The maximum absolute atomic E-state index is 9.46. The molecule has 3 nitrogen and oxygen atoms in total. The molecule has 2 N–H and O–H groups in total. The molecule has 1 fully saturated rings. The summed E-state index contributed by atoms with van der Waals surface area (Å²) in [4.78, 5) is 0. The van der Waals surface area contributed by atoms with Crippen molar-refractivity contribution in [2.45, 2.75) is 12.8 Å². The van der Waals surface area contributed by atoms with Crippen molar-refractivity contribution < 1.29 is 9.84 Å². The van der Waals surface area contributed by atoms with Crippen LogP contribution in [0.2, 0.25) is 0 Å². The van der Waals surface area contributed by atoms with Crippen molar-refractivity contribution in [1.29, 1.82) is 0 Å². The first kappa shape index (κ1) is 10.3. The fourth-order valence-corrected chi connectivity index (χ4v) is 2.07. The fourth-order valence-electron chi connectivity index (χ4n) is 2.07. The van der Waals surface area contributed by atoms with Crippen LogP contribution in [0.5, 0.6) is 11.5 Å². The third kappa shape index (κ3) is 2.42. The van der Waals surface area contributed by atoms with E-state index in [1.807, 2.05) is 12.1 Å². The first-order valence-electron chi connectivity index (χ1n) is 5.36. The number of phenols is 1. The van der Waals surface area contributed by atoms with E-state index in [2.05, 4.69) is 5.32 Å². The third-order valence-corrected chi connectivity index (χ3v) is 2.93. The van der Waals surface area contributed by atoms with Crippen molar-refractivity contribution >= 4 is 0 Å². The van der Waals surface area contributed by atoms with Gasteiger partial charge in [-0.05, 0) is 49.5 Å². The van der Waals surface area contributed by atoms with Crippen LogP contribution in [-0.2, 0) is 6.42 Å². The standard InChI is InChI=1S/C12H17NO2/c1-15-12-7-9(2-3-11(12)14)6-10-4-5-13-8-10/h2-3,7,10,13-14H,4-6,8H2,1H3. The van der Waals surface area contributed by atoms with Gasteiger partial charge in [-0.1, -0.05) is 6.07 Å². The molecule has 0 bridgehead atoms. The van der Waals surface area contributed by atoms with E-state index < -0.39 is 0 Å². The average molecular weight is 207 g/mol. The van der Waals surface area contributed by atoms with Crippen LogP contribution >= 0.6 is 0 Å². The van der Waals surface area contributed by atoms with Crippen LogP contribution in [0.4, 0.5) is 0 Å². The number of ether oxygens (including phenoxy) is 1. The first-order valence-corrected chi connectivity index (χ1v) is 5.36. The molecule has 1 atom stereocenters. The molecule has 1 unspecified atom stereocenters. The maximum atomic E-state index is 9.46. The van der Waals surface area contributed by atoms with Gasteiger partial charge < -0.3 is 15.2 Å². The Balaban J connectivity index is 2.07. The molecule has 15 heavy (non-hydrogen) atoms. The van der Waals surface area contributed by atoms with Gasteiger partial charge in [-0.3, -0.25) is 0 Å². The highest BCUT2D eigenvalue weighted by Gasteiger charge is 2.15. The van der Waals surface area contributed by atoms with Crippen LogP contribution in [0.1, 0.15) is 12.0 Å².